The molecule has 4 aromatic rings. The van der Waals surface area contributed by atoms with Crippen LogP contribution in [0.5, 0.6) is 5.75 Å². The fraction of sp³-hybridized carbons (Fsp3) is 0.115. The largest absolute Gasteiger partial charge is 0.507 e. The van der Waals surface area contributed by atoms with Gasteiger partial charge < -0.3 is 14.8 Å². The summed E-state index contributed by atoms with van der Waals surface area (Å²) in [7, 11) is 0. The number of hydrogen-bond acceptors (Lipinski definition) is 5. The van der Waals surface area contributed by atoms with Crippen LogP contribution in [0.1, 0.15) is 24.1 Å². The first-order valence-corrected chi connectivity index (χ1v) is 10.7. The third-order valence-corrected chi connectivity index (χ3v) is 5.64. The van der Waals surface area contributed by atoms with Gasteiger partial charge in [-0.25, -0.2) is 9.37 Å². The summed E-state index contributed by atoms with van der Waals surface area (Å²) in [6, 6.07) is 18.6. The molecule has 34 heavy (non-hydrogen) atoms. The predicted octanol–water partition coefficient (Wildman–Crippen LogP) is 4.73. The average molecular weight is 457 g/mol. The number of nitrogens with one attached hydrogen (secondary N) is 1. The van der Waals surface area contributed by atoms with E-state index in [0.29, 0.717) is 34.5 Å². The van der Waals surface area contributed by atoms with Crippen molar-refractivity contribution in [3.05, 3.63) is 95.3 Å². The van der Waals surface area contributed by atoms with Crippen molar-refractivity contribution in [3.8, 4) is 5.75 Å². The lowest BCUT2D eigenvalue weighted by Crippen LogP contribution is -2.30. The van der Waals surface area contributed by atoms with Crippen LogP contribution in [0.4, 0.5) is 10.3 Å². The molecule has 1 aliphatic rings. The summed E-state index contributed by atoms with van der Waals surface area (Å²) in [5.41, 5.74) is 1.70. The van der Waals surface area contributed by atoms with Gasteiger partial charge in [-0.2, -0.15) is 0 Å². The zero-order chi connectivity index (χ0) is 23.8. The van der Waals surface area contributed by atoms with E-state index in [9.17, 15) is 19.1 Å². The number of imidazole rings is 1. The van der Waals surface area contributed by atoms with E-state index in [1.807, 2.05) is 13.0 Å². The maximum absolute atomic E-state index is 13.7. The summed E-state index contributed by atoms with van der Waals surface area (Å²) in [4.78, 5) is 35.0. The Morgan fingerprint density at radius 2 is 1.88 bits per heavy atom. The van der Waals surface area contributed by atoms with Crippen LogP contribution in [0.2, 0.25) is 0 Å². The number of H-pyrrole nitrogens is 1. The first-order chi connectivity index (χ1) is 16.5. The van der Waals surface area contributed by atoms with E-state index < -0.39 is 23.5 Å². The number of amides is 1. The van der Waals surface area contributed by atoms with Gasteiger partial charge in [0.25, 0.3) is 5.78 Å². The van der Waals surface area contributed by atoms with Crippen LogP contribution < -0.4 is 9.64 Å². The van der Waals surface area contributed by atoms with Gasteiger partial charge in [-0.1, -0.05) is 42.5 Å². The van der Waals surface area contributed by atoms with Crippen LogP contribution in [-0.2, 0) is 9.59 Å². The SMILES string of the molecule is CCOc1cccc(/C(O)=C2\C(=O)C(=O)N(c3nc4ccc(F)cc4[nH]3)C2c2ccccc2)c1. The molecule has 0 aliphatic carbocycles. The molecule has 3 aromatic carbocycles. The second-order valence-corrected chi connectivity index (χ2v) is 7.76. The summed E-state index contributed by atoms with van der Waals surface area (Å²) in [5.74, 6) is -1.87. The van der Waals surface area contributed by atoms with Crippen molar-refractivity contribution in [1.29, 1.82) is 0 Å². The van der Waals surface area contributed by atoms with Gasteiger partial charge >= 0.3 is 5.91 Å². The van der Waals surface area contributed by atoms with Gasteiger partial charge in [-0.05, 0) is 42.8 Å². The van der Waals surface area contributed by atoms with Crippen LogP contribution in [0.3, 0.4) is 0 Å². The molecule has 170 valence electrons. The highest BCUT2D eigenvalue weighted by atomic mass is 19.1. The molecule has 1 amide bonds. The minimum atomic E-state index is -0.942. The average Bonchev–Trinajstić information content (AvgIpc) is 3.37. The number of aliphatic hydroxyl groups is 1. The molecule has 1 saturated heterocycles. The Kier molecular flexibility index (Phi) is 5.33. The molecule has 1 unspecified atom stereocenters. The third kappa shape index (κ3) is 3.59. The molecule has 1 aliphatic heterocycles. The number of aromatic nitrogens is 2. The summed E-state index contributed by atoms with van der Waals surface area (Å²) in [6.45, 7) is 2.28. The summed E-state index contributed by atoms with van der Waals surface area (Å²) in [6.07, 6.45) is 0. The fourth-order valence-electron chi connectivity index (χ4n) is 4.14. The van der Waals surface area contributed by atoms with Crippen molar-refractivity contribution >= 4 is 34.4 Å². The molecule has 1 atom stereocenters. The smallest absolute Gasteiger partial charge is 0.302 e. The van der Waals surface area contributed by atoms with Crippen molar-refractivity contribution in [3.63, 3.8) is 0 Å². The van der Waals surface area contributed by atoms with Crippen molar-refractivity contribution in [2.75, 3.05) is 11.5 Å². The first kappa shape index (κ1) is 21.4. The van der Waals surface area contributed by atoms with Gasteiger partial charge in [-0.3, -0.25) is 14.5 Å². The quantitative estimate of drug-likeness (QED) is 0.257. The maximum atomic E-state index is 13.7. The van der Waals surface area contributed by atoms with Crippen LogP contribution >= 0.6 is 0 Å². The Hall–Kier alpha value is -4.46. The monoisotopic (exact) mass is 457 g/mol. The second-order valence-electron chi connectivity index (χ2n) is 7.76. The van der Waals surface area contributed by atoms with Crippen LogP contribution in [0, 0.1) is 5.82 Å². The summed E-state index contributed by atoms with van der Waals surface area (Å²) < 4.78 is 19.2. The molecule has 0 radical (unpaired) electrons. The highest BCUT2D eigenvalue weighted by Gasteiger charge is 2.48. The Labute approximate surface area is 194 Å². The Morgan fingerprint density at radius 3 is 2.65 bits per heavy atom. The first-order valence-electron chi connectivity index (χ1n) is 10.7. The zero-order valence-electron chi connectivity index (χ0n) is 18.2. The highest BCUT2D eigenvalue weighted by molar-refractivity contribution is 6.51. The number of nitrogens with zero attached hydrogens (tertiary/aromatic N) is 2. The third-order valence-electron chi connectivity index (χ3n) is 5.64. The highest BCUT2D eigenvalue weighted by Crippen LogP contribution is 2.41. The molecule has 1 aromatic heterocycles. The zero-order valence-corrected chi connectivity index (χ0v) is 18.2. The number of aliphatic hydroxyl groups excluding tert-OH is 1. The molecule has 7 nitrogen and oxygen atoms in total. The Bertz CT molecular complexity index is 1440. The number of Topliss-reactive ketones (excluding diaryl/α,β-unsaturated/α-hetero) is 1. The molecular formula is C26H20FN3O4. The molecule has 2 N–H and O–H groups in total. The number of halogens is 1. The number of benzene rings is 3. The van der Waals surface area contributed by atoms with Gasteiger partial charge in [-0.15, -0.1) is 0 Å². The number of ketones is 1. The minimum Gasteiger partial charge on any atom is -0.507 e. The number of aromatic amines is 1. The maximum Gasteiger partial charge on any atom is 0.302 e. The molecule has 0 bridgehead atoms. The number of carbonyl (C=O) groups excluding carboxylic acids is 2. The number of anilines is 1. The van der Waals surface area contributed by atoms with Gasteiger partial charge in [0.05, 0.1) is 29.3 Å². The van der Waals surface area contributed by atoms with Gasteiger partial charge in [0.1, 0.15) is 17.3 Å². The molecule has 1 fully saturated rings. The molecule has 0 spiro atoms. The van der Waals surface area contributed by atoms with E-state index >= 15 is 0 Å². The lowest BCUT2D eigenvalue weighted by Gasteiger charge is -2.23. The van der Waals surface area contributed by atoms with E-state index in [2.05, 4.69) is 9.97 Å². The van der Waals surface area contributed by atoms with Gasteiger partial charge in [0.15, 0.2) is 0 Å². The molecule has 0 saturated carbocycles. The topological polar surface area (TPSA) is 95.5 Å². The van der Waals surface area contributed by atoms with E-state index in [1.165, 1.54) is 23.1 Å². The summed E-state index contributed by atoms with van der Waals surface area (Å²) in [5, 5.41) is 11.2. The van der Waals surface area contributed by atoms with Crippen molar-refractivity contribution in [1.82, 2.24) is 9.97 Å². The summed E-state index contributed by atoms with van der Waals surface area (Å²) >= 11 is 0. The van der Waals surface area contributed by atoms with Crippen molar-refractivity contribution < 1.29 is 23.8 Å². The van der Waals surface area contributed by atoms with Crippen LogP contribution in [0.25, 0.3) is 16.8 Å². The van der Waals surface area contributed by atoms with E-state index in [1.54, 1.807) is 48.5 Å². The van der Waals surface area contributed by atoms with Crippen LogP contribution in [0.15, 0.2) is 78.4 Å². The Balaban J connectivity index is 1.70. The fourth-order valence-corrected chi connectivity index (χ4v) is 4.14. The minimum absolute atomic E-state index is 0.0727. The van der Waals surface area contributed by atoms with E-state index in [-0.39, 0.29) is 17.3 Å². The van der Waals surface area contributed by atoms with Crippen molar-refractivity contribution in [2.45, 2.75) is 13.0 Å². The number of hydrogen-bond donors (Lipinski definition) is 2. The van der Waals surface area contributed by atoms with E-state index in [4.69, 9.17) is 4.74 Å². The Morgan fingerprint density at radius 1 is 1.09 bits per heavy atom. The number of rotatable bonds is 5. The standard InChI is InChI=1S/C26H20FN3O4/c1-2-34-18-10-6-9-16(13-18)23(31)21-22(15-7-4-3-5-8-15)30(25(33)24(21)32)26-28-19-12-11-17(27)14-20(19)29-26/h3-14,22,31H,2H2,1H3,(H,28,29)/b23-21+. The molecule has 8 heteroatoms. The lowest BCUT2D eigenvalue weighted by molar-refractivity contribution is -0.132. The van der Waals surface area contributed by atoms with Crippen molar-refractivity contribution in [2.24, 2.45) is 0 Å². The van der Waals surface area contributed by atoms with Gasteiger partial charge in [0, 0.05) is 5.56 Å². The number of fused-ring (bicyclic) bond motifs is 1. The predicted molar refractivity (Wildman–Crippen MR) is 125 cm³/mol. The molecule has 2 heterocycles. The van der Waals surface area contributed by atoms with E-state index in [0.717, 1.165) is 0 Å². The normalized spacial score (nSPS) is 17.5. The molecular weight excluding hydrogens is 437 g/mol. The van der Waals surface area contributed by atoms with Crippen LogP contribution in [-0.4, -0.2) is 33.4 Å². The number of carbonyl (C=O) groups is 2. The molecule has 5 rings (SSSR count). The number of ether oxygens (including phenoxy) is 1. The van der Waals surface area contributed by atoms with Gasteiger partial charge in [0.2, 0.25) is 5.95 Å². The second kappa shape index (κ2) is 8.47. The lowest BCUT2D eigenvalue weighted by atomic mass is 9.95.